The van der Waals surface area contributed by atoms with Crippen molar-refractivity contribution < 1.29 is 32.5 Å². The standard InChI is InChI=1S/C37H69N2O6P/c1-6-7-8-9-10-11-12-13-14-15-16-17-18-19-20-21-22-26-30-43-34-37(45-46(41,42)44-31-29-39(3,4)5)33-38(35(2)40)32-36-27-24-23-25-28-36/h23-25,27-28,37H,6-22,26,29-34H2,1-5H3. The maximum atomic E-state index is 12.7. The number of benzene rings is 1. The van der Waals surface area contributed by atoms with Gasteiger partial charge in [0.05, 0.1) is 27.7 Å². The molecule has 2 atom stereocenters. The van der Waals surface area contributed by atoms with Crippen LogP contribution in [0.3, 0.4) is 0 Å². The van der Waals surface area contributed by atoms with E-state index in [4.69, 9.17) is 13.8 Å². The number of likely N-dealkylation sites (N-methyl/N-ethyl adjacent to an activating group) is 1. The van der Waals surface area contributed by atoms with Crippen LogP contribution in [0.5, 0.6) is 0 Å². The topological polar surface area (TPSA) is 88.1 Å². The Balaban J connectivity index is 2.28. The quantitative estimate of drug-likeness (QED) is 0.0447. The van der Waals surface area contributed by atoms with Crippen LogP contribution in [0.2, 0.25) is 0 Å². The molecule has 0 aliphatic carbocycles. The summed E-state index contributed by atoms with van der Waals surface area (Å²) in [6, 6.07) is 9.62. The highest BCUT2D eigenvalue weighted by atomic mass is 31.2. The number of rotatable bonds is 31. The Morgan fingerprint density at radius 3 is 1.72 bits per heavy atom. The van der Waals surface area contributed by atoms with E-state index in [1.54, 1.807) is 4.90 Å². The van der Waals surface area contributed by atoms with E-state index in [1.807, 2.05) is 51.5 Å². The molecule has 0 aromatic heterocycles. The predicted molar refractivity (Wildman–Crippen MR) is 188 cm³/mol. The zero-order valence-electron chi connectivity index (χ0n) is 30.2. The van der Waals surface area contributed by atoms with E-state index in [0.29, 0.717) is 24.2 Å². The molecule has 0 saturated carbocycles. The summed E-state index contributed by atoms with van der Waals surface area (Å²) in [6.45, 7) is 5.36. The fourth-order valence-electron chi connectivity index (χ4n) is 5.43. The van der Waals surface area contributed by atoms with Gasteiger partial charge in [0.1, 0.15) is 19.3 Å². The van der Waals surface area contributed by atoms with Crippen LogP contribution in [0.1, 0.15) is 135 Å². The summed E-state index contributed by atoms with van der Waals surface area (Å²) in [5.74, 6) is -0.160. The molecule has 0 bridgehead atoms. The molecular formula is C37H69N2O6P. The fraction of sp³-hybridized carbons (Fsp3) is 0.811. The van der Waals surface area contributed by atoms with Crippen LogP contribution in [-0.4, -0.2) is 75.4 Å². The molecule has 2 unspecified atom stereocenters. The number of hydrogen-bond donors (Lipinski definition) is 0. The van der Waals surface area contributed by atoms with E-state index >= 15 is 0 Å². The summed E-state index contributed by atoms with van der Waals surface area (Å²) >= 11 is 0. The lowest BCUT2D eigenvalue weighted by atomic mass is 10.0. The first-order valence-electron chi connectivity index (χ1n) is 18.3. The number of phosphoric acid groups is 1. The van der Waals surface area contributed by atoms with E-state index in [-0.39, 0.29) is 25.7 Å². The van der Waals surface area contributed by atoms with Crippen molar-refractivity contribution in [3.63, 3.8) is 0 Å². The van der Waals surface area contributed by atoms with Crippen molar-refractivity contribution in [3.8, 4) is 0 Å². The van der Waals surface area contributed by atoms with Gasteiger partial charge in [-0.2, -0.15) is 0 Å². The first-order chi connectivity index (χ1) is 22.0. The minimum Gasteiger partial charge on any atom is -0.756 e. The lowest BCUT2D eigenvalue weighted by molar-refractivity contribution is -0.870. The molecule has 1 aromatic rings. The van der Waals surface area contributed by atoms with Crippen LogP contribution >= 0.6 is 7.82 Å². The molecule has 0 fully saturated rings. The van der Waals surface area contributed by atoms with Gasteiger partial charge in [-0.15, -0.1) is 0 Å². The second kappa shape index (κ2) is 26.6. The highest BCUT2D eigenvalue weighted by Crippen LogP contribution is 2.40. The molecule has 0 aliphatic rings. The van der Waals surface area contributed by atoms with Gasteiger partial charge in [0.25, 0.3) is 7.82 Å². The molecule has 1 rings (SSSR count). The third kappa shape index (κ3) is 25.8. The average molecular weight is 669 g/mol. The summed E-state index contributed by atoms with van der Waals surface area (Å²) in [6.07, 6.45) is 23.0. The van der Waals surface area contributed by atoms with Crippen molar-refractivity contribution in [3.05, 3.63) is 35.9 Å². The molecule has 0 heterocycles. The Morgan fingerprint density at radius 2 is 1.26 bits per heavy atom. The van der Waals surface area contributed by atoms with Gasteiger partial charge >= 0.3 is 0 Å². The summed E-state index contributed by atoms with van der Waals surface area (Å²) in [7, 11) is 1.31. The number of carbonyl (C=O) groups is 1. The van der Waals surface area contributed by atoms with Crippen molar-refractivity contribution >= 4 is 13.7 Å². The van der Waals surface area contributed by atoms with Crippen LogP contribution in [0, 0.1) is 0 Å². The van der Waals surface area contributed by atoms with Gasteiger partial charge in [-0.25, -0.2) is 0 Å². The van der Waals surface area contributed by atoms with Crippen LogP contribution < -0.4 is 4.89 Å². The lowest BCUT2D eigenvalue weighted by Gasteiger charge is -2.32. The van der Waals surface area contributed by atoms with Crippen molar-refractivity contribution in [1.82, 2.24) is 4.90 Å². The molecule has 0 spiro atoms. The third-order valence-corrected chi connectivity index (χ3v) is 9.38. The molecular weight excluding hydrogens is 599 g/mol. The van der Waals surface area contributed by atoms with Crippen molar-refractivity contribution in [2.75, 3.05) is 54.1 Å². The first kappa shape index (κ1) is 42.7. The fourth-order valence-corrected chi connectivity index (χ4v) is 6.29. The highest BCUT2D eigenvalue weighted by molar-refractivity contribution is 7.45. The SMILES string of the molecule is CCCCCCCCCCCCCCCCCCCCOCC(CN(Cc1ccccc1)C(C)=O)OP(=O)([O-])OCC[N+](C)(C)C. The molecule has 8 nitrogen and oxygen atoms in total. The molecule has 1 amide bonds. The van der Waals surface area contributed by atoms with E-state index in [9.17, 15) is 14.3 Å². The van der Waals surface area contributed by atoms with Gasteiger partial charge in [0.2, 0.25) is 5.91 Å². The van der Waals surface area contributed by atoms with Crippen LogP contribution in [0.25, 0.3) is 0 Å². The smallest absolute Gasteiger partial charge is 0.268 e. The van der Waals surface area contributed by atoms with E-state index < -0.39 is 13.9 Å². The molecule has 0 saturated heterocycles. The summed E-state index contributed by atoms with van der Waals surface area (Å²) < 4.78 is 29.7. The number of quaternary nitrogens is 1. The molecule has 268 valence electrons. The van der Waals surface area contributed by atoms with Crippen molar-refractivity contribution in [1.29, 1.82) is 0 Å². The number of amides is 1. The van der Waals surface area contributed by atoms with Gasteiger partial charge in [0.15, 0.2) is 0 Å². The second-order valence-corrected chi connectivity index (χ2v) is 15.4. The minimum atomic E-state index is -4.58. The van der Waals surface area contributed by atoms with Gasteiger partial charge in [-0.1, -0.05) is 146 Å². The third-order valence-electron chi connectivity index (χ3n) is 8.32. The Bertz CT molecular complexity index is 911. The number of phosphoric ester groups is 1. The maximum absolute atomic E-state index is 12.7. The normalized spacial score (nSPS) is 13.9. The highest BCUT2D eigenvalue weighted by Gasteiger charge is 2.24. The zero-order valence-corrected chi connectivity index (χ0v) is 31.1. The van der Waals surface area contributed by atoms with Crippen LogP contribution in [0.4, 0.5) is 0 Å². The largest absolute Gasteiger partial charge is 0.756 e. The summed E-state index contributed by atoms with van der Waals surface area (Å²) in [5.41, 5.74) is 0.959. The Hall–Kier alpha value is -1.28. The Kier molecular flexibility index (Phi) is 24.8. The lowest BCUT2D eigenvalue weighted by Crippen LogP contribution is -2.40. The Labute approximate surface area is 282 Å². The molecule has 0 radical (unpaired) electrons. The van der Waals surface area contributed by atoms with Crippen molar-refractivity contribution in [2.24, 2.45) is 0 Å². The number of ether oxygens (including phenoxy) is 1. The monoisotopic (exact) mass is 668 g/mol. The Morgan fingerprint density at radius 1 is 0.783 bits per heavy atom. The first-order valence-corrected chi connectivity index (χ1v) is 19.8. The van der Waals surface area contributed by atoms with Gasteiger partial charge < -0.3 is 28.1 Å². The van der Waals surface area contributed by atoms with Crippen LogP contribution in [0.15, 0.2) is 30.3 Å². The maximum Gasteiger partial charge on any atom is 0.268 e. The molecule has 0 N–H and O–H groups in total. The molecule has 46 heavy (non-hydrogen) atoms. The number of unbranched alkanes of at least 4 members (excludes halogenated alkanes) is 17. The molecule has 0 aliphatic heterocycles. The number of nitrogens with zero attached hydrogens (tertiary/aromatic N) is 2. The predicted octanol–water partition coefficient (Wildman–Crippen LogP) is 8.67. The average Bonchev–Trinajstić information content (AvgIpc) is 2.99. The summed E-state index contributed by atoms with van der Waals surface area (Å²) in [5, 5.41) is 0. The van der Waals surface area contributed by atoms with Gasteiger partial charge in [-0.05, 0) is 12.0 Å². The zero-order chi connectivity index (χ0) is 33.9. The molecule has 9 heteroatoms. The van der Waals surface area contributed by atoms with Crippen LogP contribution in [-0.2, 0) is 29.7 Å². The van der Waals surface area contributed by atoms with Gasteiger partial charge in [-0.3, -0.25) is 9.36 Å². The van der Waals surface area contributed by atoms with E-state index in [2.05, 4.69) is 6.92 Å². The number of carbonyl (C=O) groups excluding carboxylic acids is 1. The summed E-state index contributed by atoms with van der Waals surface area (Å²) in [4.78, 5) is 26.7. The molecule has 1 aromatic carbocycles. The minimum absolute atomic E-state index is 0.0254. The van der Waals surface area contributed by atoms with E-state index in [0.717, 1.165) is 18.4 Å². The number of hydrogen-bond acceptors (Lipinski definition) is 6. The van der Waals surface area contributed by atoms with Crippen molar-refractivity contribution in [2.45, 2.75) is 142 Å². The van der Waals surface area contributed by atoms with Gasteiger partial charge in [0, 0.05) is 26.6 Å². The van der Waals surface area contributed by atoms with E-state index in [1.165, 1.54) is 110 Å². The second-order valence-electron chi connectivity index (χ2n) is 14.0.